The summed E-state index contributed by atoms with van der Waals surface area (Å²) in [7, 11) is 1.71. The maximum Gasteiger partial charge on any atom is 0.217 e. The molecule has 0 unspecified atom stereocenters. The number of nitrogens with zero attached hydrogens (tertiary/aromatic N) is 1. The molecule has 0 radical (unpaired) electrons. The van der Waals surface area contributed by atoms with Crippen LogP contribution in [0.3, 0.4) is 0 Å². The maximum atomic E-state index is 6.17. The summed E-state index contributed by atoms with van der Waals surface area (Å²) < 4.78 is 17.4. The number of hydrogen-bond acceptors (Lipinski definition) is 4. The standard InChI is InChI=1S/C21H31NO3/c1-3-4-5-6-7-11-14-18-20(24-18)21-22-17(15-23-2)19(25-21)16-12-9-8-10-13-16/h8-10,12-13,17-20H,3-7,11,14-15H2,1-2H3/t17-,18+,19-,20-/m0/s1. The van der Waals surface area contributed by atoms with E-state index in [0.717, 1.165) is 17.9 Å². The molecule has 4 atom stereocenters. The van der Waals surface area contributed by atoms with Crippen molar-refractivity contribution in [2.75, 3.05) is 13.7 Å². The zero-order valence-corrected chi connectivity index (χ0v) is 15.5. The highest BCUT2D eigenvalue weighted by atomic mass is 16.6. The Labute approximate surface area is 151 Å². The van der Waals surface area contributed by atoms with E-state index in [1.807, 2.05) is 18.2 Å². The van der Waals surface area contributed by atoms with Crippen molar-refractivity contribution in [1.29, 1.82) is 0 Å². The van der Waals surface area contributed by atoms with Crippen molar-refractivity contribution < 1.29 is 14.2 Å². The molecule has 1 aromatic carbocycles. The number of benzene rings is 1. The van der Waals surface area contributed by atoms with Crippen LogP contribution in [0.25, 0.3) is 0 Å². The fraction of sp³-hybridized carbons (Fsp3) is 0.667. The van der Waals surface area contributed by atoms with Crippen molar-refractivity contribution in [3.05, 3.63) is 35.9 Å². The quantitative estimate of drug-likeness (QED) is 0.432. The molecule has 25 heavy (non-hydrogen) atoms. The van der Waals surface area contributed by atoms with Gasteiger partial charge in [-0.05, 0) is 12.0 Å². The van der Waals surface area contributed by atoms with Crippen molar-refractivity contribution in [3.8, 4) is 0 Å². The summed E-state index contributed by atoms with van der Waals surface area (Å²) in [6, 6.07) is 10.3. The number of aliphatic imine (C=N–C) groups is 1. The summed E-state index contributed by atoms with van der Waals surface area (Å²) in [5.74, 6) is 0.770. The van der Waals surface area contributed by atoms with Crippen molar-refractivity contribution in [1.82, 2.24) is 0 Å². The van der Waals surface area contributed by atoms with E-state index >= 15 is 0 Å². The minimum Gasteiger partial charge on any atom is -0.468 e. The molecular formula is C21H31NO3. The molecule has 0 N–H and O–H groups in total. The number of epoxide rings is 1. The molecule has 4 heteroatoms. The van der Waals surface area contributed by atoms with Crippen molar-refractivity contribution >= 4 is 5.90 Å². The predicted octanol–water partition coefficient (Wildman–Crippen LogP) is 4.69. The highest BCUT2D eigenvalue weighted by Crippen LogP contribution is 2.37. The van der Waals surface area contributed by atoms with Crippen LogP contribution in [0, 0.1) is 0 Å². The predicted molar refractivity (Wildman–Crippen MR) is 100 cm³/mol. The lowest BCUT2D eigenvalue weighted by Crippen LogP contribution is -2.19. The van der Waals surface area contributed by atoms with E-state index in [-0.39, 0.29) is 18.2 Å². The summed E-state index contributed by atoms with van der Waals surface area (Å²) >= 11 is 0. The molecule has 2 aliphatic heterocycles. The van der Waals surface area contributed by atoms with Crippen molar-refractivity contribution in [3.63, 3.8) is 0 Å². The average molecular weight is 345 g/mol. The van der Waals surface area contributed by atoms with Crippen LogP contribution in [0.5, 0.6) is 0 Å². The van der Waals surface area contributed by atoms with Gasteiger partial charge in [0, 0.05) is 7.11 Å². The Morgan fingerprint density at radius 3 is 2.52 bits per heavy atom. The largest absolute Gasteiger partial charge is 0.468 e. The Morgan fingerprint density at radius 2 is 1.76 bits per heavy atom. The number of rotatable bonds is 11. The molecule has 138 valence electrons. The highest BCUT2D eigenvalue weighted by Gasteiger charge is 2.48. The molecule has 3 rings (SSSR count). The highest BCUT2D eigenvalue weighted by molar-refractivity contribution is 5.85. The van der Waals surface area contributed by atoms with E-state index in [2.05, 4.69) is 19.1 Å². The molecule has 1 fully saturated rings. The first kappa shape index (κ1) is 18.4. The van der Waals surface area contributed by atoms with Crippen LogP contribution in [0.15, 0.2) is 35.3 Å². The van der Waals surface area contributed by atoms with Gasteiger partial charge in [-0.1, -0.05) is 75.8 Å². The van der Waals surface area contributed by atoms with Crippen LogP contribution >= 0.6 is 0 Å². The molecule has 0 saturated carbocycles. The summed E-state index contributed by atoms with van der Waals surface area (Å²) in [4.78, 5) is 4.76. The Balaban J connectivity index is 1.46. The molecule has 1 aromatic rings. The monoisotopic (exact) mass is 345 g/mol. The third-order valence-electron chi connectivity index (χ3n) is 5.02. The molecule has 0 aliphatic carbocycles. The molecule has 4 nitrogen and oxygen atoms in total. The van der Waals surface area contributed by atoms with E-state index in [0.29, 0.717) is 12.7 Å². The minimum absolute atomic E-state index is 0.0151. The SMILES string of the molecule is CCCCCCCC[C@H]1O[C@@H]1C1=N[C@@H](COC)[C@H](c2ccccc2)O1. The second-order valence-corrected chi connectivity index (χ2v) is 7.09. The number of methoxy groups -OCH3 is 1. The smallest absolute Gasteiger partial charge is 0.217 e. The van der Waals surface area contributed by atoms with Gasteiger partial charge in [0.25, 0.3) is 0 Å². The van der Waals surface area contributed by atoms with Gasteiger partial charge in [-0.3, -0.25) is 0 Å². The molecule has 0 spiro atoms. The topological polar surface area (TPSA) is 43.4 Å². The Hall–Kier alpha value is -1.39. The van der Waals surface area contributed by atoms with Gasteiger partial charge in [0.2, 0.25) is 5.90 Å². The lowest BCUT2D eigenvalue weighted by molar-refractivity contribution is 0.118. The Bertz CT molecular complexity index is 545. The van der Waals surface area contributed by atoms with E-state index in [9.17, 15) is 0 Å². The number of ether oxygens (including phenoxy) is 3. The van der Waals surface area contributed by atoms with Crippen LogP contribution in [-0.2, 0) is 14.2 Å². The van der Waals surface area contributed by atoms with Crippen molar-refractivity contribution in [2.24, 2.45) is 4.99 Å². The van der Waals surface area contributed by atoms with E-state index in [4.69, 9.17) is 19.2 Å². The first-order valence-corrected chi connectivity index (χ1v) is 9.77. The first-order chi connectivity index (χ1) is 12.3. The fourth-order valence-electron chi connectivity index (χ4n) is 3.54. The molecule has 2 heterocycles. The Kier molecular flexibility index (Phi) is 6.88. The molecule has 0 bridgehead atoms. The molecule has 0 aromatic heterocycles. The van der Waals surface area contributed by atoms with Gasteiger partial charge in [0.1, 0.15) is 12.1 Å². The molecule has 0 amide bonds. The second kappa shape index (κ2) is 9.35. The molecule has 1 saturated heterocycles. The molecule has 2 aliphatic rings. The molecular weight excluding hydrogens is 314 g/mol. The van der Waals surface area contributed by atoms with E-state index < -0.39 is 0 Å². The van der Waals surface area contributed by atoms with E-state index in [1.54, 1.807) is 7.11 Å². The van der Waals surface area contributed by atoms with Crippen LogP contribution in [0.2, 0.25) is 0 Å². The normalized spacial score (nSPS) is 27.8. The lowest BCUT2D eigenvalue weighted by atomic mass is 10.0. The summed E-state index contributed by atoms with van der Waals surface area (Å²) in [6.45, 7) is 2.82. The second-order valence-electron chi connectivity index (χ2n) is 7.09. The van der Waals surface area contributed by atoms with E-state index in [1.165, 1.54) is 38.5 Å². The first-order valence-electron chi connectivity index (χ1n) is 9.77. The van der Waals surface area contributed by atoms with Crippen molar-refractivity contribution in [2.45, 2.75) is 76.2 Å². The van der Waals surface area contributed by atoms with Crippen LogP contribution in [-0.4, -0.2) is 37.9 Å². The Morgan fingerprint density at radius 1 is 1.00 bits per heavy atom. The van der Waals surface area contributed by atoms with Crippen LogP contribution < -0.4 is 0 Å². The summed E-state index contributed by atoms with van der Waals surface area (Å²) in [6.07, 6.45) is 9.31. The third-order valence-corrected chi connectivity index (χ3v) is 5.02. The van der Waals surface area contributed by atoms with Gasteiger partial charge in [-0.2, -0.15) is 0 Å². The summed E-state index contributed by atoms with van der Waals surface area (Å²) in [5.41, 5.74) is 1.15. The number of hydrogen-bond donors (Lipinski definition) is 0. The fourth-order valence-corrected chi connectivity index (χ4v) is 3.54. The van der Waals surface area contributed by atoms with Gasteiger partial charge >= 0.3 is 0 Å². The zero-order valence-electron chi connectivity index (χ0n) is 15.5. The zero-order chi connectivity index (χ0) is 17.5. The lowest BCUT2D eigenvalue weighted by Gasteiger charge is -2.17. The average Bonchev–Trinajstić information content (AvgIpc) is 3.30. The van der Waals surface area contributed by atoms with Gasteiger partial charge in [-0.25, -0.2) is 4.99 Å². The van der Waals surface area contributed by atoms with Crippen LogP contribution in [0.4, 0.5) is 0 Å². The maximum absolute atomic E-state index is 6.17. The van der Waals surface area contributed by atoms with Gasteiger partial charge in [-0.15, -0.1) is 0 Å². The van der Waals surface area contributed by atoms with Crippen LogP contribution in [0.1, 0.15) is 63.5 Å². The van der Waals surface area contributed by atoms with Gasteiger partial charge < -0.3 is 14.2 Å². The van der Waals surface area contributed by atoms with Gasteiger partial charge in [0.05, 0.1) is 12.7 Å². The van der Waals surface area contributed by atoms with Gasteiger partial charge in [0.15, 0.2) is 6.10 Å². The summed E-state index contributed by atoms with van der Waals surface area (Å²) in [5, 5.41) is 0. The third kappa shape index (κ3) is 5.05. The minimum atomic E-state index is -0.0601. The number of unbranched alkanes of at least 4 members (excludes halogenated alkanes) is 5.